The van der Waals surface area contributed by atoms with Crippen molar-refractivity contribution in [1.82, 2.24) is 5.43 Å². The van der Waals surface area contributed by atoms with E-state index in [1.54, 1.807) is 24.3 Å². The molecule has 24 heavy (non-hydrogen) atoms. The first-order valence-corrected chi connectivity index (χ1v) is 7.21. The van der Waals surface area contributed by atoms with E-state index in [4.69, 9.17) is 0 Å². The zero-order chi connectivity index (χ0) is 17.7. The van der Waals surface area contributed by atoms with Gasteiger partial charge in [-0.05, 0) is 42.5 Å². The molecule has 0 fully saturated rings. The third kappa shape index (κ3) is 5.27. The molecule has 9 heteroatoms. The highest BCUT2D eigenvalue weighted by atomic mass is 79.9. The van der Waals surface area contributed by atoms with Crippen LogP contribution in [-0.4, -0.2) is 23.6 Å². The van der Waals surface area contributed by atoms with Crippen LogP contribution in [0.15, 0.2) is 52.0 Å². The van der Waals surface area contributed by atoms with E-state index in [0.29, 0.717) is 5.56 Å². The molecule has 0 saturated heterocycles. The third-order valence-electron chi connectivity index (χ3n) is 2.71. The molecule has 0 spiro atoms. The number of ether oxygens (including phenoxy) is 1. The third-order valence-corrected chi connectivity index (χ3v) is 3.24. The predicted molar refractivity (Wildman–Crippen MR) is 84.0 cm³/mol. The number of amides is 1. The van der Waals surface area contributed by atoms with Crippen LogP contribution in [0.5, 0.6) is 11.5 Å². The van der Waals surface area contributed by atoms with Crippen molar-refractivity contribution in [1.29, 1.82) is 0 Å². The van der Waals surface area contributed by atoms with Gasteiger partial charge in [0.15, 0.2) is 0 Å². The second kappa shape index (κ2) is 7.35. The van der Waals surface area contributed by atoms with Crippen molar-refractivity contribution >= 4 is 28.1 Å². The summed E-state index contributed by atoms with van der Waals surface area (Å²) >= 11 is 3.23. The Hall–Kier alpha value is -2.55. The fourth-order valence-electron chi connectivity index (χ4n) is 1.66. The maximum atomic E-state index is 12.2. The largest absolute Gasteiger partial charge is 0.573 e. The SMILES string of the molecule is O=C(NN=Cc1cc(OC(F)(F)F)ccc1O)c1ccc(Br)cc1. The summed E-state index contributed by atoms with van der Waals surface area (Å²) in [6.07, 6.45) is -3.84. The number of phenols is 1. The molecule has 2 N–H and O–H groups in total. The number of aromatic hydroxyl groups is 1. The molecule has 0 aliphatic heterocycles. The molecular weight excluding hydrogens is 393 g/mol. The highest BCUT2D eigenvalue weighted by Crippen LogP contribution is 2.26. The van der Waals surface area contributed by atoms with E-state index in [1.165, 1.54) is 0 Å². The minimum absolute atomic E-state index is 0.0483. The number of hydrazone groups is 1. The van der Waals surface area contributed by atoms with Gasteiger partial charge in [-0.3, -0.25) is 4.79 Å². The number of nitrogens with one attached hydrogen (secondary N) is 1. The molecule has 0 aliphatic rings. The van der Waals surface area contributed by atoms with Gasteiger partial charge in [0.2, 0.25) is 0 Å². The molecular formula is C15H10BrF3N2O3. The predicted octanol–water partition coefficient (Wildman–Crippen LogP) is 3.82. The van der Waals surface area contributed by atoms with E-state index in [1.807, 2.05) is 0 Å². The molecule has 0 bridgehead atoms. The van der Waals surface area contributed by atoms with Crippen LogP contribution in [-0.2, 0) is 0 Å². The topological polar surface area (TPSA) is 70.9 Å². The van der Waals surface area contributed by atoms with Crippen molar-refractivity contribution in [2.45, 2.75) is 6.36 Å². The Morgan fingerprint density at radius 3 is 2.50 bits per heavy atom. The second-order valence-corrected chi connectivity index (χ2v) is 5.39. The fraction of sp³-hybridized carbons (Fsp3) is 0.0667. The van der Waals surface area contributed by atoms with Gasteiger partial charge in [-0.25, -0.2) is 5.43 Å². The van der Waals surface area contributed by atoms with E-state index in [-0.39, 0.29) is 11.3 Å². The number of halogens is 4. The van der Waals surface area contributed by atoms with Gasteiger partial charge >= 0.3 is 6.36 Å². The first-order chi connectivity index (χ1) is 11.2. The standard InChI is InChI=1S/C15H10BrF3N2O3/c16-11-3-1-9(2-4-11)14(23)21-20-8-10-7-12(5-6-13(10)22)24-15(17,18)19/h1-8,22H,(H,21,23). The summed E-state index contributed by atoms with van der Waals surface area (Å²) in [5.74, 6) is -1.34. The fourth-order valence-corrected chi connectivity index (χ4v) is 1.92. The number of carbonyl (C=O) groups is 1. The molecule has 0 unspecified atom stereocenters. The summed E-state index contributed by atoms with van der Waals surface area (Å²) in [7, 11) is 0. The van der Waals surface area contributed by atoms with Gasteiger partial charge in [0.25, 0.3) is 5.91 Å². The van der Waals surface area contributed by atoms with Crippen LogP contribution in [0.1, 0.15) is 15.9 Å². The van der Waals surface area contributed by atoms with Crippen LogP contribution >= 0.6 is 15.9 Å². The van der Waals surface area contributed by atoms with Crippen LogP contribution in [0.4, 0.5) is 13.2 Å². The molecule has 2 aromatic rings. The monoisotopic (exact) mass is 402 g/mol. The van der Waals surface area contributed by atoms with Crippen LogP contribution < -0.4 is 10.2 Å². The van der Waals surface area contributed by atoms with Crippen molar-refractivity contribution in [3.63, 3.8) is 0 Å². The van der Waals surface area contributed by atoms with Gasteiger partial charge in [0.1, 0.15) is 11.5 Å². The molecule has 0 atom stereocenters. The number of alkyl halides is 3. The normalized spacial score (nSPS) is 11.5. The Bertz CT molecular complexity index is 762. The lowest BCUT2D eigenvalue weighted by molar-refractivity contribution is -0.274. The van der Waals surface area contributed by atoms with Gasteiger partial charge in [-0.1, -0.05) is 15.9 Å². The Kier molecular flexibility index (Phi) is 5.45. The number of hydrogen-bond acceptors (Lipinski definition) is 4. The second-order valence-electron chi connectivity index (χ2n) is 4.47. The minimum Gasteiger partial charge on any atom is -0.507 e. The average molecular weight is 403 g/mol. The van der Waals surface area contributed by atoms with Gasteiger partial charge in [-0.15, -0.1) is 13.2 Å². The van der Waals surface area contributed by atoms with Crippen molar-refractivity contribution in [2.75, 3.05) is 0 Å². The number of phenolic OH excluding ortho intramolecular Hbond substituents is 1. The number of nitrogens with zero attached hydrogens (tertiary/aromatic N) is 1. The number of carbonyl (C=O) groups excluding carboxylic acids is 1. The molecule has 1 amide bonds. The molecule has 5 nitrogen and oxygen atoms in total. The summed E-state index contributed by atoms with van der Waals surface area (Å²) in [5.41, 5.74) is 2.50. The first kappa shape index (κ1) is 17.8. The zero-order valence-electron chi connectivity index (χ0n) is 11.8. The Morgan fingerprint density at radius 2 is 1.88 bits per heavy atom. The summed E-state index contributed by atoms with van der Waals surface area (Å²) in [6.45, 7) is 0. The minimum atomic E-state index is -4.85. The Morgan fingerprint density at radius 1 is 1.21 bits per heavy atom. The lowest BCUT2D eigenvalue weighted by Crippen LogP contribution is -2.18. The molecule has 2 rings (SSSR count). The molecule has 0 aliphatic carbocycles. The number of rotatable bonds is 4. The summed E-state index contributed by atoms with van der Waals surface area (Å²) in [6, 6.07) is 9.39. The van der Waals surface area contributed by atoms with Crippen molar-refractivity contribution in [3.8, 4) is 11.5 Å². The van der Waals surface area contributed by atoms with Gasteiger partial charge in [0.05, 0.1) is 6.21 Å². The van der Waals surface area contributed by atoms with E-state index in [9.17, 15) is 23.1 Å². The number of hydrogen-bond donors (Lipinski definition) is 2. The zero-order valence-corrected chi connectivity index (χ0v) is 13.4. The van der Waals surface area contributed by atoms with E-state index >= 15 is 0 Å². The van der Waals surface area contributed by atoms with Crippen molar-refractivity contribution in [2.24, 2.45) is 5.10 Å². The molecule has 0 heterocycles. The molecule has 126 valence electrons. The maximum Gasteiger partial charge on any atom is 0.573 e. The van der Waals surface area contributed by atoms with E-state index < -0.39 is 18.0 Å². The van der Waals surface area contributed by atoms with Gasteiger partial charge in [-0.2, -0.15) is 5.10 Å². The highest BCUT2D eigenvalue weighted by molar-refractivity contribution is 9.10. The summed E-state index contributed by atoms with van der Waals surface area (Å²) in [5, 5.41) is 13.2. The van der Waals surface area contributed by atoms with E-state index in [2.05, 4.69) is 31.2 Å². The lowest BCUT2D eigenvalue weighted by atomic mass is 10.2. The Balaban J connectivity index is 2.07. The lowest BCUT2D eigenvalue weighted by Gasteiger charge is -2.09. The van der Waals surface area contributed by atoms with Crippen LogP contribution in [0.2, 0.25) is 0 Å². The summed E-state index contributed by atoms with van der Waals surface area (Å²) in [4.78, 5) is 11.8. The maximum absolute atomic E-state index is 12.2. The van der Waals surface area contributed by atoms with Crippen molar-refractivity contribution in [3.05, 3.63) is 58.1 Å². The Labute approximate surface area is 142 Å². The van der Waals surface area contributed by atoms with Gasteiger partial charge in [0, 0.05) is 15.6 Å². The van der Waals surface area contributed by atoms with Gasteiger partial charge < -0.3 is 9.84 Å². The molecule has 0 radical (unpaired) electrons. The molecule has 0 saturated carbocycles. The quantitative estimate of drug-likeness (QED) is 0.603. The molecule has 0 aromatic heterocycles. The van der Waals surface area contributed by atoms with E-state index in [0.717, 1.165) is 28.9 Å². The van der Waals surface area contributed by atoms with Crippen LogP contribution in [0, 0.1) is 0 Å². The van der Waals surface area contributed by atoms with Crippen LogP contribution in [0.3, 0.4) is 0 Å². The van der Waals surface area contributed by atoms with Crippen LogP contribution in [0.25, 0.3) is 0 Å². The smallest absolute Gasteiger partial charge is 0.507 e. The van der Waals surface area contributed by atoms with Crippen molar-refractivity contribution < 1.29 is 27.8 Å². The summed E-state index contributed by atoms with van der Waals surface area (Å²) < 4.78 is 41.0. The highest BCUT2D eigenvalue weighted by Gasteiger charge is 2.31. The average Bonchev–Trinajstić information content (AvgIpc) is 2.49. The first-order valence-electron chi connectivity index (χ1n) is 6.42. The molecule has 2 aromatic carbocycles. The number of benzene rings is 2.